The molecular formula is C15H18N2O2. The molecule has 0 radical (unpaired) electrons. The molecule has 1 aliphatic rings. The number of hydrogen-bond donors (Lipinski definition) is 0. The van der Waals surface area contributed by atoms with Gasteiger partial charge >= 0.3 is 6.09 Å². The van der Waals surface area contributed by atoms with Crippen LogP contribution in [0.3, 0.4) is 0 Å². The summed E-state index contributed by atoms with van der Waals surface area (Å²) in [7, 11) is 2.07. The van der Waals surface area contributed by atoms with Gasteiger partial charge in [-0.3, -0.25) is 0 Å². The first kappa shape index (κ1) is 12.1. The second-order valence-electron chi connectivity index (χ2n) is 4.87. The van der Waals surface area contributed by atoms with Crippen molar-refractivity contribution < 1.29 is 9.53 Å². The second kappa shape index (κ2) is 4.61. The van der Waals surface area contributed by atoms with Crippen LogP contribution >= 0.6 is 0 Å². The van der Waals surface area contributed by atoms with E-state index in [1.807, 2.05) is 6.92 Å². The van der Waals surface area contributed by atoms with Crippen LogP contribution in [0.2, 0.25) is 0 Å². The molecule has 0 atom stereocenters. The lowest BCUT2D eigenvalue weighted by Gasteiger charge is -2.27. The fraction of sp³-hybridized carbons (Fsp3) is 0.400. The molecule has 1 aromatic heterocycles. The minimum absolute atomic E-state index is 0.210. The summed E-state index contributed by atoms with van der Waals surface area (Å²) < 4.78 is 7.28. The average Bonchev–Trinajstić information content (AvgIpc) is 2.73. The number of aryl methyl sites for hydroxylation is 1. The van der Waals surface area contributed by atoms with E-state index in [1.54, 1.807) is 4.90 Å². The van der Waals surface area contributed by atoms with Gasteiger partial charge < -0.3 is 14.2 Å². The van der Waals surface area contributed by atoms with E-state index in [1.165, 1.54) is 22.2 Å². The number of fused-ring (bicyclic) bond motifs is 3. The molecule has 0 spiro atoms. The predicted molar refractivity (Wildman–Crippen MR) is 74.1 cm³/mol. The highest BCUT2D eigenvalue weighted by atomic mass is 16.6. The molecule has 2 heterocycles. The topological polar surface area (TPSA) is 34.5 Å². The van der Waals surface area contributed by atoms with Crippen molar-refractivity contribution in [1.29, 1.82) is 0 Å². The Balaban J connectivity index is 1.99. The first-order chi connectivity index (χ1) is 9.22. The SMILES string of the molecule is CCOC(=O)N1CCc2c(n(C)c3ccccc23)C1. The number of aromatic nitrogens is 1. The fourth-order valence-corrected chi connectivity index (χ4v) is 2.88. The summed E-state index contributed by atoms with van der Waals surface area (Å²) in [6, 6.07) is 8.41. The Bertz CT molecular complexity index is 630. The molecule has 1 aliphatic heterocycles. The van der Waals surface area contributed by atoms with Crippen LogP contribution in [0.4, 0.5) is 4.79 Å². The molecule has 4 nitrogen and oxygen atoms in total. The van der Waals surface area contributed by atoms with Crippen LogP contribution in [0, 0.1) is 0 Å². The zero-order valence-corrected chi connectivity index (χ0v) is 11.3. The average molecular weight is 258 g/mol. The summed E-state index contributed by atoms with van der Waals surface area (Å²) in [6.07, 6.45) is 0.689. The van der Waals surface area contributed by atoms with Crippen LogP contribution in [0.15, 0.2) is 24.3 Å². The van der Waals surface area contributed by atoms with E-state index in [4.69, 9.17) is 4.74 Å². The van der Waals surface area contributed by atoms with Gasteiger partial charge in [-0.2, -0.15) is 0 Å². The lowest BCUT2D eigenvalue weighted by atomic mass is 10.0. The summed E-state index contributed by atoms with van der Waals surface area (Å²) in [6.45, 7) is 3.64. The van der Waals surface area contributed by atoms with E-state index in [9.17, 15) is 4.79 Å². The Hall–Kier alpha value is -1.97. The van der Waals surface area contributed by atoms with E-state index in [0.29, 0.717) is 13.2 Å². The standard InChI is InChI=1S/C15H18N2O2/c1-3-19-15(18)17-9-8-12-11-6-4-5-7-13(11)16(2)14(12)10-17/h4-7H,3,8-10H2,1-2H3. The molecule has 0 bridgehead atoms. The van der Waals surface area contributed by atoms with Crippen molar-refractivity contribution in [3.63, 3.8) is 0 Å². The van der Waals surface area contributed by atoms with Crippen molar-refractivity contribution in [2.24, 2.45) is 7.05 Å². The minimum atomic E-state index is -0.210. The molecule has 4 heteroatoms. The van der Waals surface area contributed by atoms with Crippen molar-refractivity contribution in [1.82, 2.24) is 9.47 Å². The third-order valence-corrected chi connectivity index (χ3v) is 3.84. The van der Waals surface area contributed by atoms with E-state index >= 15 is 0 Å². The summed E-state index contributed by atoms with van der Waals surface area (Å²) in [5, 5.41) is 1.31. The first-order valence-electron chi connectivity index (χ1n) is 6.69. The highest BCUT2D eigenvalue weighted by Gasteiger charge is 2.25. The van der Waals surface area contributed by atoms with Crippen molar-refractivity contribution >= 4 is 17.0 Å². The lowest BCUT2D eigenvalue weighted by molar-refractivity contribution is 0.102. The maximum absolute atomic E-state index is 11.8. The predicted octanol–water partition coefficient (Wildman–Crippen LogP) is 2.69. The third-order valence-electron chi connectivity index (χ3n) is 3.84. The summed E-state index contributed by atoms with van der Waals surface area (Å²) in [5.41, 5.74) is 3.83. The number of carbonyl (C=O) groups excluding carboxylic acids is 1. The number of amides is 1. The van der Waals surface area contributed by atoms with Gasteiger partial charge in [0.05, 0.1) is 13.2 Å². The van der Waals surface area contributed by atoms with Crippen LogP contribution < -0.4 is 0 Å². The Labute approximate surface area is 112 Å². The van der Waals surface area contributed by atoms with Crippen LogP contribution in [0.5, 0.6) is 0 Å². The molecule has 2 aromatic rings. The number of nitrogens with zero attached hydrogens (tertiary/aromatic N) is 2. The number of hydrogen-bond acceptors (Lipinski definition) is 2. The molecule has 19 heavy (non-hydrogen) atoms. The van der Waals surface area contributed by atoms with E-state index in [0.717, 1.165) is 13.0 Å². The first-order valence-corrected chi connectivity index (χ1v) is 6.69. The van der Waals surface area contributed by atoms with E-state index < -0.39 is 0 Å². The summed E-state index contributed by atoms with van der Waals surface area (Å²) in [4.78, 5) is 13.6. The monoisotopic (exact) mass is 258 g/mol. The molecule has 1 aromatic carbocycles. The highest BCUT2D eigenvalue weighted by Crippen LogP contribution is 2.29. The van der Waals surface area contributed by atoms with Crippen molar-refractivity contribution in [2.45, 2.75) is 19.9 Å². The van der Waals surface area contributed by atoms with Crippen LogP contribution in [0.25, 0.3) is 10.9 Å². The maximum Gasteiger partial charge on any atom is 0.410 e. The van der Waals surface area contributed by atoms with Crippen molar-refractivity contribution in [3.8, 4) is 0 Å². The smallest absolute Gasteiger partial charge is 0.410 e. The lowest BCUT2D eigenvalue weighted by Crippen LogP contribution is -2.36. The fourth-order valence-electron chi connectivity index (χ4n) is 2.88. The van der Waals surface area contributed by atoms with Crippen LogP contribution in [0.1, 0.15) is 18.2 Å². The van der Waals surface area contributed by atoms with E-state index in [2.05, 4.69) is 35.9 Å². The molecule has 3 rings (SSSR count). The Morgan fingerprint density at radius 3 is 2.95 bits per heavy atom. The molecule has 0 N–H and O–H groups in total. The van der Waals surface area contributed by atoms with Gasteiger partial charge in [0, 0.05) is 30.2 Å². The van der Waals surface area contributed by atoms with Gasteiger partial charge in [-0.05, 0) is 25.0 Å². The summed E-state index contributed by atoms with van der Waals surface area (Å²) in [5.74, 6) is 0. The highest BCUT2D eigenvalue weighted by molar-refractivity contribution is 5.86. The molecule has 0 saturated carbocycles. The van der Waals surface area contributed by atoms with Gasteiger partial charge in [-0.1, -0.05) is 18.2 Å². The molecule has 1 amide bonds. The Morgan fingerprint density at radius 1 is 1.37 bits per heavy atom. The number of rotatable bonds is 1. The molecular weight excluding hydrogens is 240 g/mol. The Kier molecular flexibility index (Phi) is 2.93. The molecule has 100 valence electrons. The third kappa shape index (κ3) is 1.87. The Morgan fingerprint density at radius 2 is 2.16 bits per heavy atom. The van der Waals surface area contributed by atoms with Crippen molar-refractivity contribution in [3.05, 3.63) is 35.5 Å². The zero-order valence-electron chi connectivity index (χ0n) is 11.3. The van der Waals surface area contributed by atoms with Crippen molar-refractivity contribution in [2.75, 3.05) is 13.2 Å². The number of carbonyl (C=O) groups is 1. The maximum atomic E-state index is 11.8. The number of para-hydroxylation sites is 1. The quantitative estimate of drug-likeness (QED) is 0.788. The number of benzene rings is 1. The normalized spacial score (nSPS) is 14.5. The van der Waals surface area contributed by atoms with Gasteiger partial charge in [0.1, 0.15) is 0 Å². The van der Waals surface area contributed by atoms with Gasteiger partial charge in [0.25, 0.3) is 0 Å². The van der Waals surface area contributed by atoms with Gasteiger partial charge in [-0.15, -0.1) is 0 Å². The van der Waals surface area contributed by atoms with Gasteiger partial charge in [0.15, 0.2) is 0 Å². The number of ether oxygens (including phenoxy) is 1. The van der Waals surface area contributed by atoms with Crippen LogP contribution in [-0.4, -0.2) is 28.7 Å². The zero-order chi connectivity index (χ0) is 13.4. The minimum Gasteiger partial charge on any atom is -0.450 e. The summed E-state index contributed by atoms with van der Waals surface area (Å²) >= 11 is 0. The second-order valence-corrected chi connectivity index (χ2v) is 4.87. The molecule has 0 aliphatic carbocycles. The van der Waals surface area contributed by atoms with Gasteiger partial charge in [0.2, 0.25) is 0 Å². The van der Waals surface area contributed by atoms with Gasteiger partial charge in [-0.25, -0.2) is 4.79 Å². The molecule has 0 unspecified atom stereocenters. The van der Waals surface area contributed by atoms with Crippen LogP contribution in [-0.2, 0) is 24.8 Å². The molecule has 0 saturated heterocycles. The van der Waals surface area contributed by atoms with E-state index in [-0.39, 0.29) is 6.09 Å². The molecule has 0 fully saturated rings. The largest absolute Gasteiger partial charge is 0.450 e.